The summed E-state index contributed by atoms with van der Waals surface area (Å²) in [5, 5.41) is 7.47. The van der Waals surface area contributed by atoms with Gasteiger partial charge in [0.2, 0.25) is 0 Å². The highest BCUT2D eigenvalue weighted by Gasteiger charge is 2.20. The molecule has 33 heavy (non-hydrogen) atoms. The van der Waals surface area contributed by atoms with Crippen molar-refractivity contribution in [1.82, 2.24) is 34.6 Å². The lowest BCUT2D eigenvalue weighted by atomic mass is 10.2. The van der Waals surface area contributed by atoms with Crippen LogP contribution in [0.1, 0.15) is 17.3 Å². The van der Waals surface area contributed by atoms with Gasteiger partial charge in [0.15, 0.2) is 22.8 Å². The van der Waals surface area contributed by atoms with E-state index in [1.165, 1.54) is 0 Å². The Bertz CT molecular complexity index is 1540. The van der Waals surface area contributed by atoms with Crippen molar-refractivity contribution in [3.05, 3.63) is 78.2 Å². The van der Waals surface area contributed by atoms with Crippen LogP contribution in [0.15, 0.2) is 65.4 Å². The van der Waals surface area contributed by atoms with Crippen LogP contribution < -0.4 is 5.32 Å². The summed E-state index contributed by atoms with van der Waals surface area (Å²) in [6.07, 6.45) is 1.76. The number of hydrogen-bond acceptors (Lipinski definition) is 7. The molecular formula is C24H20N8O. The van der Waals surface area contributed by atoms with Gasteiger partial charge in [0.05, 0.1) is 28.8 Å². The van der Waals surface area contributed by atoms with Gasteiger partial charge >= 0.3 is 0 Å². The standard InChI is InChI=1S/C24H20N8O/c1-14-20(15(2)33-31-14)22-29-23(25-12-19-27-17-10-6-7-11-18(17)28-19)21-24(30-22)32(13-26-21)16-8-4-3-5-9-16/h3-11,13H,12H2,1-2H3,(H,27,28)(H,25,29,30). The van der Waals surface area contributed by atoms with Gasteiger partial charge in [-0.15, -0.1) is 0 Å². The maximum atomic E-state index is 5.37. The first-order valence-corrected chi connectivity index (χ1v) is 10.6. The smallest absolute Gasteiger partial charge is 0.170 e. The summed E-state index contributed by atoms with van der Waals surface area (Å²) in [5.41, 5.74) is 5.76. The van der Waals surface area contributed by atoms with E-state index in [4.69, 9.17) is 14.5 Å². The Labute approximate surface area is 188 Å². The maximum Gasteiger partial charge on any atom is 0.170 e. The van der Waals surface area contributed by atoms with Gasteiger partial charge in [0, 0.05) is 5.69 Å². The number of imidazole rings is 2. The number of nitrogens with one attached hydrogen (secondary N) is 2. The first-order valence-electron chi connectivity index (χ1n) is 10.6. The van der Waals surface area contributed by atoms with E-state index < -0.39 is 0 Å². The number of nitrogens with zero attached hydrogens (tertiary/aromatic N) is 6. The van der Waals surface area contributed by atoms with Crippen LogP contribution in [0.4, 0.5) is 5.82 Å². The molecule has 0 aliphatic heterocycles. The molecule has 9 heteroatoms. The van der Waals surface area contributed by atoms with Crippen LogP contribution in [0.25, 0.3) is 39.3 Å². The second kappa shape index (κ2) is 7.56. The van der Waals surface area contributed by atoms with Crippen molar-refractivity contribution in [2.45, 2.75) is 20.4 Å². The number of anilines is 1. The minimum Gasteiger partial charge on any atom is -0.361 e. The van der Waals surface area contributed by atoms with Crippen LogP contribution in [-0.2, 0) is 6.54 Å². The van der Waals surface area contributed by atoms with E-state index in [9.17, 15) is 0 Å². The fraction of sp³-hybridized carbons (Fsp3) is 0.125. The quantitative estimate of drug-likeness (QED) is 0.407. The summed E-state index contributed by atoms with van der Waals surface area (Å²) >= 11 is 0. The maximum absolute atomic E-state index is 5.37. The molecule has 0 aliphatic carbocycles. The summed E-state index contributed by atoms with van der Waals surface area (Å²) in [6, 6.07) is 17.9. The van der Waals surface area contributed by atoms with E-state index in [1.807, 2.05) is 73.0 Å². The molecule has 6 aromatic rings. The van der Waals surface area contributed by atoms with Crippen LogP contribution in [0.2, 0.25) is 0 Å². The molecule has 0 saturated heterocycles. The molecule has 0 amide bonds. The first kappa shape index (κ1) is 19.2. The van der Waals surface area contributed by atoms with Crippen LogP contribution in [-0.4, -0.2) is 34.6 Å². The lowest BCUT2D eigenvalue weighted by Gasteiger charge is -2.09. The zero-order chi connectivity index (χ0) is 22.4. The molecule has 0 aliphatic rings. The topological polar surface area (TPSA) is 110 Å². The van der Waals surface area contributed by atoms with Crippen molar-refractivity contribution in [2.75, 3.05) is 5.32 Å². The van der Waals surface area contributed by atoms with E-state index in [1.54, 1.807) is 6.33 Å². The Morgan fingerprint density at radius 1 is 0.970 bits per heavy atom. The molecule has 162 valence electrons. The number of benzene rings is 2. The van der Waals surface area contributed by atoms with Crippen molar-refractivity contribution < 1.29 is 4.52 Å². The molecule has 0 bridgehead atoms. The second-order valence-electron chi connectivity index (χ2n) is 7.77. The Morgan fingerprint density at radius 2 is 1.79 bits per heavy atom. The first-order chi connectivity index (χ1) is 16.2. The van der Waals surface area contributed by atoms with E-state index in [0.29, 0.717) is 35.1 Å². The van der Waals surface area contributed by atoms with Gasteiger partial charge in [-0.05, 0) is 38.1 Å². The second-order valence-corrected chi connectivity index (χ2v) is 7.77. The van der Waals surface area contributed by atoms with Gasteiger partial charge in [-0.2, -0.15) is 0 Å². The highest BCUT2D eigenvalue weighted by atomic mass is 16.5. The van der Waals surface area contributed by atoms with Crippen molar-refractivity contribution in [3.8, 4) is 17.1 Å². The molecule has 0 unspecified atom stereocenters. The van der Waals surface area contributed by atoms with Gasteiger partial charge < -0.3 is 14.8 Å². The monoisotopic (exact) mass is 436 g/mol. The van der Waals surface area contributed by atoms with E-state index in [0.717, 1.165) is 33.8 Å². The summed E-state index contributed by atoms with van der Waals surface area (Å²) in [5.74, 6) is 2.62. The zero-order valence-corrected chi connectivity index (χ0v) is 18.1. The molecule has 0 fully saturated rings. The largest absolute Gasteiger partial charge is 0.361 e. The van der Waals surface area contributed by atoms with Crippen molar-refractivity contribution >= 4 is 28.0 Å². The van der Waals surface area contributed by atoms with E-state index >= 15 is 0 Å². The number of rotatable bonds is 5. The van der Waals surface area contributed by atoms with Gasteiger partial charge in [-0.3, -0.25) is 4.57 Å². The predicted octanol–water partition coefficient (Wildman–Crippen LogP) is 4.58. The van der Waals surface area contributed by atoms with Crippen LogP contribution in [0.3, 0.4) is 0 Å². The SMILES string of the molecule is Cc1noc(C)c1-c1nc(NCc2nc3ccccc3[nH]2)c2ncn(-c3ccccc3)c2n1. The Kier molecular flexibility index (Phi) is 4.39. The minimum atomic E-state index is 0.458. The zero-order valence-electron chi connectivity index (χ0n) is 18.1. The number of H-pyrrole nitrogens is 1. The van der Waals surface area contributed by atoms with E-state index in [-0.39, 0.29) is 0 Å². The third-order valence-corrected chi connectivity index (χ3v) is 5.55. The number of para-hydroxylation sites is 3. The highest BCUT2D eigenvalue weighted by Crippen LogP contribution is 2.29. The average Bonchev–Trinajstić information content (AvgIpc) is 3.54. The summed E-state index contributed by atoms with van der Waals surface area (Å²) in [6.45, 7) is 4.20. The van der Waals surface area contributed by atoms with Crippen molar-refractivity contribution in [3.63, 3.8) is 0 Å². The van der Waals surface area contributed by atoms with Crippen LogP contribution in [0, 0.1) is 13.8 Å². The third kappa shape index (κ3) is 3.30. The number of hydrogen-bond donors (Lipinski definition) is 2. The Balaban J connectivity index is 1.47. The molecule has 4 heterocycles. The molecule has 2 N–H and O–H groups in total. The molecule has 0 radical (unpaired) electrons. The van der Waals surface area contributed by atoms with E-state index in [2.05, 4.69) is 25.4 Å². The number of aryl methyl sites for hydroxylation is 2. The van der Waals surface area contributed by atoms with Gasteiger partial charge in [0.25, 0.3) is 0 Å². The summed E-state index contributed by atoms with van der Waals surface area (Å²) < 4.78 is 7.32. The highest BCUT2D eigenvalue weighted by molar-refractivity contribution is 5.86. The fourth-order valence-corrected chi connectivity index (χ4v) is 3.97. The van der Waals surface area contributed by atoms with Gasteiger partial charge in [-0.25, -0.2) is 19.9 Å². The molecule has 9 nitrogen and oxygen atoms in total. The lowest BCUT2D eigenvalue weighted by molar-refractivity contribution is 0.393. The molecule has 6 rings (SSSR count). The number of aromatic amines is 1. The molecular weight excluding hydrogens is 416 g/mol. The molecule has 2 aromatic carbocycles. The lowest BCUT2D eigenvalue weighted by Crippen LogP contribution is -2.06. The third-order valence-electron chi connectivity index (χ3n) is 5.55. The fourth-order valence-electron chi connectivity index (χ4n) is 3.97. The summed E-state index contributed by atoms with van der Waals surface area (Å²) in [4.78, 5) is 22.3. The van der Waals surface area contributed by atoms with Crippen LogP contribution >= 0.6 is 0 Å². The normalized spacial score (nSPS) is 11.5. The predicted molar refractivity (Wildman–Crippen MR) is 125 cm³/mol. The van der Waals surface area contributed by atoms with Crippen molar-refractivity contribution in [2.24, 2.45) is 0 Å². The molecule has 0 atom stereocenters. The van der Waals surface area contributed by atoms with Gasteiger partial charge in [-0.1, -0.05) is 35.5 Å². The average molecular weight is 436 g/mol. The van der Waals surface area contributed by atoms with Gasteiger partial charge in [0.1, 0.15) is 17.9 Å². The number of aromatic nitrogens is 7. The minimum absolute atomic E-state index is 0.458. The molecule has 0 saturated carbocycles. The molecule has 4 aromatic heterocycles. The number of fused-ring (bicyclic) bond motifs is 2. The molecule has 0 spiro atoms. The van der Waals surface area contributed by atoms with Crippen LogP contribution in [0.5, 0.6) is 0 Å². The summed E-state index contributed by atoms with van der Waals surface area (Å²) in [7, 11) is 0. The van der Waals surface area contributed by atoms with Crippen molar-refractivity contribution in [1.29, 1.82) is 0 Å². The Hall–Kier alpha value is -4.53. The Morgan fingerprint density at radius 3 is 2.58 bits per heavy atom.